The number of fused-ring (bicyclic) bond motifs is 5. The molecule has 13 rings (SSSR count). The first-order chi connectivity index (χ1) is 33.6. The highest BCUT2D eigenvalue weighted by atomic mass is 35.5. The summed E-state index contributed by atoms with van der Waals surface area (Å²) in [6.07, 6.45) is 15.8. The number of halogens is 2. The Morgan fingerprint density at radius 3 is 2.03 bits per heavy atom. The number of cyclic esters (lactones) is 1. The maximum Gasteiger partial charge on any atom is 0.341 e. The van der Waals surface area contributed by atoms with E-state index in [1.165, 1.54) is 127 Å². The van der Waals surface area contributed by atoms with Crippen LogP contribution in [0.5, 0.6) is 17.2 Å². The van der Waals surface area contributed by atoms with E-state index in [9.17, 15) is 24.9 Å². The van der Waals surface area contributed by atoms with Crippen LogP contribution in [0.3, 0.4) is 0 Å². The average Bonchev–Trinajstić information content (AvgIpc) is 3.64. The van der Waals surface area contributed by atoms with Gasteiger partial charge in [-0.3, -0.25) is 0 Å². The fourth-order valence-electron chi connectivity index (χ4n) is 12.1. The Kier molecular flexibility index (Phi) is 13.4. The Labute approximate surface area is 410 Å². The molecule has 69 heavy (non-hydrogen) atoms. The molecule has 0 saturated carbocycles. The number of aryl methyl sites for hydroxylation is 3. The van der Waals surface area contributed by atoms with Gasteiger partial charge in [-0.25, -0.2) is 14.2 Å². The zero-order chi connectivity index (χ0) is 47.9. The second-order valence-electron chi connectivity index (χ2n) is 19.2. The SMILES string of the molecule is O=C(O)c1ccc(Cl)cc1C1=c2cc3c4c(c2Oc2c1cc1c5c2CCCN5CCCC1)CCC[N+]=4CCCC3.O=C1OC(O)c2cc(Cl)ccc21.O=O.Oc1ccc2c3c1CCCN3CCCC2. The molecule has 0 aliphatic carbocycles. The predicted molar refractivity (Wildman–Crippen MR) is 268 cm³/mol. The number of carbonyl (C=O) groups excluding carboxylic acids is 1. The van der Waals surface area contributed by atoms with Crippen LogP contribution in [0.15, 0.2) is 60.7 Å². The van der Waals surface area contributed by atoms with Crippen LogP contribution in [0.25, 0.3) is 5.57 Å². The fraction of sp³-hybridized carbons (Fsp3) is 0.400. The number of carboxylic acid groups (broad SMARTS) is 1. The van der Waals surface area contributed by atoms with Crippen LogP contribution >= 0.6 is 23.2 Å². The molecular formula is C55H56Cl2N3O9+. The molecule has 0 fully saturated rings. The number of phenols is 1. The number of nitrogens with zero attached hydrogens (tertiary/aromatic N) is 3. The van der Waals surface area contributed by atoms with E-state index in [1.54, 1.807) is 18.2 Å². The van der Waals surface area contributed by atoms with Crippen molar-refractivity contribution in [1.82, 2.24) is 4.58 Å². The van der Waals surface area contributed by atoms with Crippen molar-refractivity contribution in [3.05, 3.63) is 152 Å². The lowest BCUT2D eigenvalue weighted by Crippen LogP contribution is -2.41. The number of anilines is 2. The van der Waals surface area contributed by atoms with Gasteiger partial charge in [0.1, 0.15) is 30.3 Å². The highest BCUT2D eigenvalue weighted by Crippen LogP contribution is 2.49. The Balaban J connectivity index is 0.000000154. The van der Waals surface area contributed by atoms with Crippen molar-refractivity contribution < 1.29 is 34.4 Å². The number of hydrogen-bond acceptors (Lipinski definition) is 10. The molecule has 0 spiro atoms. The van der Waals surface area contributed by atoms with Crippen molar-refractivity contribution in [2.75, 3.05) is 49.1 Å². The molecule has 8 aliphatic heterocycles. The van der Waals surface area contributed by atoms with Gasteiger partial charge in [-0.15, -0.1) is 0 Å². The number of phenolic OH excluding ortho intramolecular Hbond substituents is 1. The zero-order valence-corrected chi connectivity index (χ0v) is 40.1. The molecule has 3 N–H and O–H groups in total. The van der Waals surface area contributed by atoms with E-state index in [0.717, 1.165) is 99.0 Å². The maximum absolute atomic E-state index is 12.6. The van der Waals surface area contributed by atoms with Crippen molar-refractivity contribution >= 4 is 52.1 Å². The minimum Gasteiger partial charge on any atom is -0.508 e. The summed E-state index contributed by atoms with van der Waals surface area (Å²) >= 11 is 12.2. The minimum atomic E-state index is -1.16. The highest BCUT2D eigenvalue weighted by molar-refractivity contribution is 6.31. The van der Waals surface area contributed by atoms with E-state index in [4.69, 9.17) is 37.9 Å². The second kappa shape index (κ2) is 19.8. The lowest BCUT2D eigenvalue weighted by atomic mass is 9.83. The van der Waals surface area contributed by atoms with Crippen LogP contribution in [0.2, 0.25) is 10.0 Å². The molecule has 8 aliphatic rings. The van der Waals surface area contributed by atoms with Gasteiger partial charge in [-0.05, 0) is 155 Å². The summed E-state index contributed by atoms with van der Waals surface area (Å²) < 4.78 is 14.2. The van der Waals surface area contributed by atoms with Crippen molar-refractivity contribution in [2.45, 2.75) is 103 Å². The molecule has 5 aromatic carbocycles. The van der Waals surface area contributed by atoms with Gasteiger partial charge in [-0.2, -0.15) is 0 Å². The number of hydrogen-bond donors (Lipinski definition) is 3. The summed E-state index contributed by atoms with van der Waals surface area (Å²) in [5.41, 5.74) is 14.5. The molecule has 14 heteroatoms. The van der Waals surface area contributed by atoms with Gasteiger partial charge in [0.2, 0.25) is 11.6 Å². The maximum atomic E-state index is 12.6. The lowest BCUT2D eigenvalue weighted by Gasteiger charge is -2.35. The topological polar surface area (TPSA) is 157 Å². The van der Waals surface area contributed by atoms with E-state index in [-0.39, 0.29) is 5.56 Å². The van der Waals surface area contributed by atoms with Crippen molar-refractivity contribution in [2.24, 2.45) is 0 Å². The van der Waals surface area contributed by atoms with Gasteiger partial charge < -0.3 is 34.6 Å². The standard InChI is InChI=1S/C34H33ClN2O3.C13H17NO.C8H5ClO3.O2/c35-22-11-12-23(34(38)39)26(19-22)29-27-17-20-7-1-3-13-36-15-5-9-24(30(20)36)32(27)40-33-25-10-6-16-37-14-4-2-8-21(31(25)37)18-28(29)33;15-12-7-6-10-4-1-2-8-14-9-3-5-11(12)13(10)14;9-4-1-2-5-6(3-4)8(11)12-7(5)10;1-2/h11-12,17-19H,1-10,13-16H2;6-7,15H,1-5,8-9H2;1-3,8,11H;/p+1. The van der Waals surface area contributed by atoms with E-state index in [2.05, 4.69) is 37.3 Å². The molecule has 1 unspecified atom stereocenters. The number of benzene rings is 5. The summed E-state index contributed by atoms with van der Waals surface area (Å²) in [5.74, 6) is 0.935. The monoisotopic (exact) mass is 972 g/mol. The van der Waals surface area contributed by atoms with Crippen molar-refractivity contribution in [3.8, 4) is 17.2 Å². The molecule has 8 heterocycles. The summed E-state index contributed by atoms with van der Waals surface area (Å²) in [6.45, 7) is 6.72. The van der Waals surface area contributed by atoms with Crippen molar-refractivity contribution in [1.29, 1.82) is 0 Å². The molecule has 12 nitrogen and oxygen atoms in total. The number of carbonyl (C=O) groups is 2. The second-order valence-corrected chi connectivity index (χ2v) is 20.0. The van der Waals surface area contributed by atoms with E-state index in [1.807, 2.05) is 12.1 Å². The summed E-state index contributed by atoms with van der Waals surface area (Å²) in [4.78, 5) is 42.6. The Bertz CT molecular complexity index is 3030. The van der Waals surface area contributed by atoms with Crippen molar-refractivity contribution in [3.63, 3.8) is 0 Å². The summed E-state index contributed by atoms with van der Waals surface area (Å²) in [6, 6.07) is 18.5. The fourth-order valence-corrected chi connectivity index (χ4v) is 12.5. The third-order valence-corrected chi connectivity index (χ3v) is 15.5. The van der Waals surface area contributed by atoms with E-state index < -0.39 is 18.2 Å². The van der Waals surface area contributed by atoms with Crippen LogP contribution in [0.1, 0.15) is 135 Å². The third-order valence-electron chi connectivity index (χ3n) is 15.0. The molecule has 1 atom stereocenters. The van der Waals surface area contributed by atoms with E-state index in [0.29, 0.717) is 32.5 Å². The molecule has 0 saturated heterocycles. The minimum absolute atomic E-state index is 0.286. The quantitative estimate of drug-likeness (QED) is 0.112. The van der Waals surface area contributed by atoms with Crippen LogP contribution in [-0.4, -0.2) is 66.5 Å². The van der Waals surface area contributed by atoms with E-state index >= 15 is 0 Å². The molecule has 0 radical (unpaired) electrons. The highest BCUT2D eigenvalue weighted by Gasteiger charge is 2.36. The Morgan fingerprint density at radius 2 is 1.26 bits per heavy atom. The number of esters is 1. The zero-order valence-electron chi connectivity index (χ0n) is 38.6. The van der Waals surface area contributed by atoms with Crippen LogP contribution in [-0.2, 0) is 43.3 Å². The number of aliphatic hydroxyl groups is 1. The van der Waals surface area contributed by atoms with Gasteiger partial charge >= 0.3 is 11.9 Å². The van der Waals surface area contributed by atoms with Gasteiger partial charge in [0.15, 0.2) is 0 Å². The largest absolute Gasteiger partial charge is 0.508 e. The van der Waals surface area contributed by atoms with Crippen LogP contribution < -0.4 is 29.7 Å². The first-order valence-electron chi connectivity index (χ1n) is 24.5. The summed E-state index contributed by atoms with van der Waals surface area (Å²) in [7, 11) is 0. The van der Waals surface area contributed by atoms with Crippen LogP contribution in [0.4, 0.5) is 11.4 Å². The number of carboxylic acids is 1. The van der Waals surface area contributed by atoms with Crippen LogP contribution in [0, 0.1) is 9.93 Å². The summed E-state index contributed by atoms with van der Waals surface area (Å²) in [5, 5.41) is 32.8. The first-order valence-corrected chi connectivity index (χ1v) is 25.3. The molecule has 0 aromatic heterocycles. The number of ether oxygens (including phenoxy) is 2. The Hall–Kier alpha value is -5.95. The number of aliphatic hydroxyl groups excluding tert-OH is 1. The molecule has 358 valence electrons. The molecule has 0 bridgehead atoms. The first kappa shape index (κ1) is 46.8. The van der Waals surface area contributed by atoms with Gasteiger partial charge in [0, 0.05) is 109 Å². The predicted octanol–water partition coefficient (Wildman–Crippen LogP) is 9.30. The molecule has 5 aromatic rings. The number of aromatic carboxylic acids is 1. The number of aromatic hydroxyl groups is 1. The van der Waals surface area contributed by atoms with Gasteiger partial charge in [-0.1, -0.05) is 29.3 Å². The third kappa shape index (κ3) is 8.73. The Morgan fingerprint density at radius 1 is 0.623 bits per heavy atom. The number of rotatable bonds is 2. The molecule has 0 amide bonds. The van der Waals surface area contributed by atoms with Gasteiger partial charge in [0.05, 0.1) is 16.7 Å². The smallest absolute Gasteiger partial charge is 0.341 e. The normalized spacial score (nSPS) is 18.9. The van der Waals surface area contributed by atoms with Gasteiger partial charge in [0.25, 0.3) is 0 Å². The lowest BCUT2D eigenvalue weighted by molar-refractivity contribution is -0.0547. The average molecular weight is 974 g/mol. The molecular weight excluding hydrogens is 918 g/mol.